The second-order valence-electron chi connectivity index (χ2n) is 7.70. The van der Waals surface area contributed by atoms with Crippen molar-refractivity contribution in [1.82, 2.24) is 14.5 Å². The summed E-state index contributed by atoms with van der Waals surface area (Å²) in [4.78, 5) is 29.8. The molecule has 0 saturated carbocycles. The zero-order valence-electron chi connectivity index (χ0n) is 16.5. The number of carbonyl (C=O) groups is 2. The van der Waals surface area contributed by atoms with Crippen LogP contribution in [0.4, 0.5) is 4.79 Å². The van der Waals surface area contributed by atoms with Crippen LogP contribution in [0.2, 0.25) is 0 Å². The maximum Gasteiger partial charge on any atom is 0.411 e. The first-order chi connectivity index (χ1) is 13.2. The minimum Gasteiger partial charge on any atom is -0.480 e. The summed E-state index contributed by atoms with van der Waals surface area (Å²) in [5.74, 6) is -1.08. The van der Waals surface area contributed by atoms with Gasteiger partial charge in [0.2, 0.25) is 0 Å². The number of hydrogen-bond acceptors (Lipinski definition) is 5. The van der Waals surface area contributed by atoms with Gasteiger partial charge in [0, 0.05) is 12.6 Å². The number of carbonyl (C=O) groups excluding carboxylic acids is 1. The first-order valence-electron chi connectivity index (χ1n) is 9.18. The van der Waals surface area contributed by atoms with E-state index in [1.807, 2.05) is 43.5 Å². The minimum absolute atomic E-state index is 0.116. The van der Waals surface area contributed by atoms with Gasteiger partial charge in [-0.15, -0.1) is 0 Å². The van der Waals surface area contributed by atoms with Gasteiger partial charge in [-0.05, 0) is 39.8 Å². The summed E-state index contributed by atoms with van der Waals surface area (Å²) in [5, 5.41) is 9.53. The fraction of sp³-hybridized carbons (Fsp3) is 0.450. The Bertz CT molecular complexity index is 912. The molecule has 8 heteroatoms. The Morgan fingerprint density at radius 2 is 2.00 bits per heavy atom. The van der Waals surface area contributed by atoms with E-state index in [1.165, 1.54) is 4.90 Å². The van der Waals surface area contributed by atoms with Gasteiger partial charge < -0.3 is 14.6 Å². The van der Waals surface area contributed by atoms with Crippen molar-refractivity contribution in [2.45, 2.75) is 51.9 Å². The number of ether oxygens (including phenoxy) is 2. The molecule has 1 N–H and O–H groups in total. The first kappa shape index (κ1) is 19.7. The van der Waals surface area contributed by atoms with E-state index in [-0.39, 0.29) is 13.0 Å². The monoisotopic (exact) mass is 387 g/mol. The predicted octanol–water partition coefficient (Wildman–Crippen LogP) is 3.37. The maximum atomic E-state index is 12.4. The molecule has 2 atom stereocenters. The minimum atomic E-state index is -1.08. The van der Waals surface area contributed by atoms with Crippen molar-refractivity contribution in [1.29, 1.82) is 0 Å². The van der Waals surface area contributed by atoms with Crippen LogP contribution in [0.15, 0.2) is 30.3 Å². The van der Waals surface area contributed by atoms with Crippen molar-refractivity contribution < 1.29 is 24.2 Å². The molecule has 3 rings (SSSR count). The summed E-state index contributed by atoms with van der Waals surface area (Å²) >= 11 is 0. The number of aromatic nitrogens is 2. The van der Waals surface area contributed by atoms with E-state index in [0.717, 1.165) is 11.0 Å². The van der Waals surface area contributed by atoms with Crippen LogP contribution in [0, 0.1) is 0 Å². The Morgan fingerprint density at radius 1 is 1.29 bits per heavy atom. The molecule has 2 aromatic rings. The van der Waals surface area contributed by atoms with E-state index < -0.39 is 29.8 Å². The Balaban J connectivity index is 1.84. The number of hydrogen-bond donors (Lipinski definition) is 1. The average Bonchev–Trinajstić information content (AvgIpc) is 3.17. The number of carboxylic acids is 1. The largest absolute Gasteiger partial charge is 0.480 e. The lowest BCUT2D eigenvalue weighted by atomic mass is 10.2. The molecular formula is C20H25N3O5. The van der Waals surface area contributed by atoms with Gasteiger partial charge in [-0.1, -0.05) is 18.2 Å². The molecule has 28 heavy (non-hydrogen) atoms. The lowest BCUT2D eigenvalue weighted by molar-refractivity contribution is -0.142. The smallest absolute Gasteiger partial charge is 0.411 e. The molecule has 1 saturated heterocycles. The van der Waals surface area contributed by atoms with E-state index in [2.05, 4.69) is 4.98 Å². The van der Waals surface area contributed by atoms with Crippen LogP contribution in [0.25, 0.3) is 17.2 Å². The molecule has 1 fully saturated rings. The van der Waals surface area contributed by atoms with Gasteiger partial charge in [-0.25, -0.2) is 9.59 Å². The number of carboxylic acid groups (broad SMARTS) is 1. The van der Waals surface area contributed by atoms with E-state index in [9.17, 15) is 14.7 Å². The number of para-hydroxylation sites is 2. The molecule has 150 valence electrons. The normalized spacial score (nSPS) is 20.1. The van der Waals surface area contributed by atoms with E-state index in [4.69, 9.17) is 9.47 Å². The van der Waals surface area contributed by atoms with Crippen molar-refractivity contribution in [2.75, 3.05) is 6.54 Å². The summed E-state index contributed by atoms with van der Waals surface area (Å²) in [6, 6.07) is 6.97. The van der Waals surface area contributed by atoms with Crippen LogP contribution in [0.5, 0.6) is 6.01 Å². The Kier molecular flexibility index (Phi) is 5.31. The zero-order valence-corrected chi connectivity index (χ0v) is 16.5. The number of benzene rings is 1. The van der Waals surface area contributed by atoms with Crippen LogP contribution in [0.1, 0.15) is 34.1 Å². The average molecular weight is 387 g/mol. The number of allylic oxidation sites excluding steroid dienone is 1. The second kappa shape index (κ2) is 7.53. The molecule has 0 radical (unpaired) electrons. The molecule has 0 bridgehead atoms. The van der Waals surface area contributed by atoms with Crippen LogP contribution < -0.4 is 4.74 Å². The molecule has 8 nitrogen and oxygen atoms in total. The summed E-state index contributed by atoms with van der Waals surface area (Å²) in [6.07, 6.45) is 2.69. The zero-order chi connectivity index (χ0) is 20.5. The fourth-order valence-electron chi connectivity index (χ4n) is 3.19. The Morgan fingerprint density at radius 3 is 2.64 bits per heavy atom. The summed E-state index contributed by atoms with van der Waals surface area (Å²) in [7, 11) is 0. The van der Waals surface area contributed by atoms with Crippen molar-refractivity contribution in [2.24, 2.45) is 0 Å². The van der Waals surface area contributed by atoms with Gasteiger partial charge >= 0.3 is 18.1 Å². The van der Waals surface area contributed by atoms with E-state index in [1.54, 1.807) is 25.3 Å². The van der Waals surface area contributed by atoms with Gasteiger partial charge in [0.05, 0.1) is 17.6 Å². The third-order valence-corrected chi connectivity index (χ3v) is 4.31. The Labute approximate surface area is 163 Å². The maximum absolute atomic E-state index is 12.4. The number of amides is 1. The molecule has 0 spiro atoms. The van der Waals surface area contributed by atoms with Gasteiger partial charge in [0.1, 0.15) is 17.7 Å². The lowest BCUT2D eigenvalue weighted by Crippen LogP contribution is -2.43. The molecular weight excluding hydrogens is 362 g/mol. The quantitative estimate of drug-likeness (QED) is 0.864. The Hall–Kier alpha value is -3.03. The number of aliphatic carboxylic acids is 1. The SMILES string of the molecule is C/C=C/n1c(O[C@@H]2C[C@@H](C(=O)O)N(C(=O)OC(C)(C)C)C2)nc2ccccc21. The molecule has 1 aromatic carbocycles. The van der Waals surface area contributed by atoms with Crippen LogP contribution in [-0.4, -0.2) is 55.9 Å². The highest BCUT2D eigenvalue weighted by atomic mass is 16.6. The van der Waals surface area contributed by atoms with Crippen molar-refractivity contribution in [3.05, 3.63) is 30.3 Å². The summed E-state index contributed by atoms with van der Waals surface area (Å²) in [5.41, 5.74) is 0.943. The number of likely N-dealkylation sites (tertiary alicyclic amines) is 1. The molecule has 1 aromatic heterocycles. The number of nitrogens with zero attached hydrogens (tertiary/aromatic N) is 3. The number of rotatable bonds is 4. The lowest BCUT2D eigenvalue weighted by Gasteiger charge is -2.26. The topological polar surface area (TPSA) is 93.9 Å². The van der Waals surface area contributed by atoms with Crippen LogP contribution >= 0.6 is 0 Å². The standard InChI is InChI=1S/C20H25N3O5/c1-5-10-22-15-9-7-6-8-14(15)21-18(22)27-13-11-16(17(24)25)23(12-13)19(26)28-20(2,3)4/h5-10,13,16H,11-12H2,1-4H3,(H,24,25)/b10-5+/t13-,16+/m1/s1. The number of imidazole rings is 1. The highest BCUT2D eigenvalue weighted by molar-refractivity contribution is 5.81. The molecule has 2 heterocycles. The highest BCUT2D eigenvalue weighted by Gasteiger charge is 2.43. The van der Waals surface area contributed by atoms with Crippen molar-refractivity contribution >= 4 is 29.3 Å². The van der Waals surface area contributed by atoms with Crippen molar-refractivity contribution in [3.8, 4) is 6.01 Å². The third-order valence-electron chi connectivity index (χ3n) is 4.31. The molecule has 1 amide bonds. The van der Waals surface area contributed by atoms with E-state index >= 15 is 0 Å². The molecule has 0 unspecified atom stereocenters. The van der Waals surface area contributed by atoms with Gasteiger partial charge in [-0.3, -0.25) is 9.47 Å². The highest BCUT2D eigenvalue weighted by Crippen LogP contribution is 2.28. The van der Waals surface area contributed by atoms with E-state index in [0.29, 0.717) is 6.01 Å². The van der Waals surface area contributed by atoms with Gasteiger partial charge in [0.25, 0.3) is 0 Å². The second-order valence-corrected chi connectivity index (χ2v) is 7.70. The molecule has 1 aliphatic rings. The third kappa shape index (κ3) is 4.11. The van der Waals surface area contributed by atoms with Crippen LogP contribution in [-0.2, 0) is 9.53 Å². The summed E-state index contributed by atoms with van der Waals surface area (Å²) < 4.78 is 13.2. The predicted molar refractivity (Wildman–Crippen MR) is 104 cm³/mol. The molecule has 0 aliphatic carbocycles. The van der Waals surface area contributed by atoms with Crippen molar-refractivity contribution in [3.63, 3.8) is 0 Å². The van der Waals surface area contributed by atoms with Crippen LogP contribution in [0.3, 0.4) is 0 Å². The first-order valence-corrected chi connectivity index (χ1v) is 9.18. The van der Waals surface area contributed by atoms with Gasteiger partial charge in [0.15, 0.2) is 0 Å². The van der Waals surface area contributed by atoms with Gasteiger partial charge in [-0.2, -0.15) is 4.98 Å². The fourth-order valence-corrected chi connectivity index (χ4v) is 3.19. The number of fused-ring (bicyclic) bond motifs is 1. The summed E-state index contributed by atoms with van der Waals surface area (Å²) in [6.45, 7) is 7.22. The molecule has 1 aliphatic heterocycles.